The van der Waals surface area contributed by atoms with E-state index >= 15 is 0 Å². The molecule has 1 aliphatic rings. The second kappa shape index (κ2) is 5.18. The Hall–Kier alpha value is -1.60. The van der Waals surface area contributed by atoms with Crippen LogP contribution in [0.25, 0.3) is 11.1 Å². The molecule has 1 aliphatic carbocycles. The van der Waals surface area contributed by atoms with Crippen LogP contribution in [0.4, 0.5) is 0 Å². The van der Waals surface area contributed by atoms with Crippen LogP contribution in [0.15, 0.2) is 42.5 Å². The highest BCUT2D eigenvalue weighted by Gasteiger charge is 2.20. The SMILES string of the molecule is Cc1cccc(-c2cc(C)ccc2CNC2CC2)c1. The lowest BCUT2D eigenvalue weighted by Gasteiger charge is -2.12. The Balaban J connectivity index is 1.94. The Morgan fingerprint density at radius 2 is 1.79 bits per heavy atom. The summed E-state index contributed by atoms with van der Waals surface area (Å²) >= 11 is 0. The van der Waals surface area contributed by atoms with Gasteiger partial charge in [0.25, 0.3) is 0 Å². The number of aryl methyl sites for hydroxylation is 2. The van der Waals surface area contributed by atoms with Crippen LogP contribution < -0.4 is 5.32 Å². The molecular formula is C18H21N. The van der Waals surface area contributed by atoms with Gasteiger partial charge >= 0.3 is 0 Å². The minimum absolute atomic E-state index is 0.756. The molecule has 0 aliphatic heterocycles. The average molecular weight is 251 g/mol. The van der Waals surface area contributed by atoms with Crippen LogP contribution in [-0.4, -0.2) is 6.04 Å². The molecule has 0 aromatic heterocycles. The smallest absolute Gasteiger partial charge is 0.0214 e. The van der Waals surface area contributed by atoms with E-state index in [4.69, 9.17) is 0 Å². The first-order valence-corrected chi connectivity index (χ1v) is 7.12. The van der Waals surface area contributed by atoms with Crippen LogP contribution in [0.3, 0.4) is 0 Å². The molecule has 0 saturated heterocycles. The van der Waals surface area contributed by atoms with Gasteiger partial charge in [-0.3, -0.25) is 0 Å². The van der Waals surface area contributed by atoms with Crippen LogP contribution in [0, 0.1) is 13.8 Å². The first-order valence-electron chi connectivity index (χ1n) is 7.12. The van der Waals surface area contributed by atoms with Crippen LogP contribution >= 0.6 is 0 Å². The molecule has 0 spiro atoms. The number of nitrogens with one attached hydrogen (secondary N) is 1. The van der Waals surface area contributed by atoms with Gasteiger partial charge in [0.15, 0.2) is 0 Å². The second-order valence-corrected chi connectivity index (χ2v) is 5.69. The third kappa shape index (κ3) is 3.05. The van der Waals surface area contributed by atoms with Gasteiger partial charge in [0.2, 0.25) is 0 Å². The molecule has 0 unspecified atom stereocenters. The molecular weight excluding hydrogens is 230 g/mol. The molecule has 1 N–H and O–H groups in total. The Morgan fingerprint density at radius 1 is 1.00 bits per heavy atom. The van der Waals surface area contributed by atoms with Crippen molar-refractivity contribution in [3.63, 3.8) is 0 Å². The van der Waals surface area contributed by atoms with E-state index in [1.807, 2.05) is 0 Å². The maximum absolute atomic E-state index is 3.62. The lowest BCUT2D eigenvalue weighted by molar-refractivity contribution is 0.688. The van der Waals surface area contributed by atoms with Gasteiger partial charge in [0.05, 0.1) is 0 Å². The highest BCUT2D eigenvalue weighted by Crippen LogP contribution is 2.27. The van der Waals surface area contributed by atoms with Crippen molar-refractivity contribution in [1.29, 1.82) is 0 Å². The van der Waals surface area contributed by atoms with Crippen molar-refractivity contribution in [2.75, 3.05) is 0 Å². The summed E-state index contributed by atoms with van der Waals surface area (Å²) in [5.41, 5.74) is 6.75. The number of benzene rings is 2. The summed E-state index contributed by atoms with van der Waals surface area (Å²) in [6, 6.07) is 16.3. The van der Waals surface area contributed by atoms with E-state index in [9.17, 15) is 0 Å². The molecule has 0 atom stereocenters. The molecule has 0 amide bonds. The summed E-state index contributed by atoms with van der Waals surface area (Å²) in [6.07, 6.45) is 2.68. The first kappa shape index (κ1) is 12.4. The monoisotopic (exact) mass is 251 g/mol. The van der Waals surface area contributed by atoms with E-state index in [0.29, 0.717) is 0 Å². The Morgan fingerprint density at radius 3 is 2.53 bits per heavy atom. The van der Waals surface area contributed by atoms with E-state index in [1.165, 1.54) is 40.7 Å². The Kier molecular flexibility index (Phi) is 3.39. The van der Waals surface area contributed by atoms with Crippen molar-refractivity contribution < 1.29 is 0 Å². The zero-order valence-electron chi connectivity index (χ0n) is 11.7. The van der Waals surface area contributed by atoms with Crippen LogP contribution in [0.2, 0.25) is 0 Å². The first-order chi connectivity index (χ1) is 9.22. The standard InChI is InChI=1S/C18H21N/c1-13-4-3-5-15(10-13)18-11-14(2)6-7-16(18)12-19-17-8-9-17/h3-7,10-11,17,19H,8-9,12H2,1-2H3. The summed E-state index contributed by atoms with van der Waals surface area (Å²) in [5, 5.41) is 3.62. The summed E-state index contributed by atoms with van der Waals surface area (Å²) in [6.45, 7) is 5.30. The fourth-order valence-corrected chi connectivity index (χ4v) is 2.47. The van der Waals surface area contributed by atoms with Crippen molar-refractivity contribution in [2.45, 2.75) is 39.3 Å². The van der Waals surface area contributed by atoms with Crippen molar-refractivity contribution in [3.8, 4) is 11.1 Å². The lowest BCUT2D eigenvalue weighted by Crippen LogP contribution is -2.15. The molecule has 2 aromatic carbocycles. The second-order valence-electron chi connectivity index (χ2n) is 5.69. The topological polar surface area (TPSA) is 12.0 Å². The van der Waals surface area contributed by atoms with E-state index in [-0.39, 0.29) is 0 Å². The van der Waals surface area contributed by atoms with Gasteiger partial charge in [0.1, 0.15) is 0 Å². The zero-order valence-corrected chi connectivity index (χ0v) is 11.7. The maximum Gasteiger partial charge on any atom is 0.0214 e. The summed E-state index contributed by atoms with van der Waals surface area (Å²) in [7, 11) is 0. The van der Waals surface area contributed by atoms with Crippen LogP contribution in [0.1, 0.15) is 29.5 Å². The molecule has 2 aromatic rings. The minimum atomic E-state index is 0.756. The Bertz CT molecular complexity index is 582. The highest BCUT2D eigenvalue weighted by atomic mass is 14.9. The van der Waals surface area contributed by atoms with Crippen LogP contribution in [-0.2, 0) is 6.54 Å². The lowest BCUT2D eigenvalue weighted by atomic mass is 9.96. The van der Waals surface area contributed by atoms with E-state index in [0.717, 1.165) is 12.6 Å². The Labute approximate surface area is 115 Å². The van der Waals surface area contributed by atoms with Crippen LogP contribution in [0.5, 0.6) is 0 Å². The van der Waals surface area contributed by atoms with Gasteiger partial charge in [0, 0.05) is 12.6 Å². The highest BCUT2D eigenvalue weighted by molar-refractivity contribution is 5.68. The fourth-order valence-electron chi connectivity index (χ4n) is 2.47. The normalized spacial score (nSPS) is 14.6. The molecule has 3 rings (SSSR count). The summed E-state index contributed by atoms with van der Waals surface area (Å²) in [4.78, 5) is 0. The van der Waals surface area contributed by atoms with E-state index in [1.54, 1.807) is 0 Å². The molecule has 1 fully saturated rings. The van der Waals surface area contributed by atoms with E-state index < -0.39 is 0 Å². The third-order valence-corrected chi connectivity index (χ3v) is 3.75. The molecule has 0 radical (unpaired) electrons. The quantitative estimate of drug-likeness (QED) is 0.857. The number of rotatable bonds is 4. The number of hydrogen-bond donors (Lipinski definition) is 1. The fraction of sp³-hybridized carbons (Fsp3) is 0.333. The maximum atomic E-state index is 3.62. The predicted octanol–water partition coefficient (Wildman–Crippen LogP) is 4.22. The van der Waals surface area contributed by atoms with E-state index in [2.05, 4.69) is 61.6 Å². The third-order valence-electron chi connectivity index (χ3n) is 3.75. The molecule has 0 heterocycles. The summed E-state index contributed by atoms with van der Waals surface area (Å²) in [5.74, 6) is 0. The zero-order chi connectivity index (χ0) is 13.2. The van der Waals surface area contributed by atoms with Crippen molar-refractivity contribution in [1.82, 2.24) is 5.32 Å². The van der Waals surface area contributed by atoms with Gasteiger partial charge in [-0.25, -0.2) is 0 Å². The molecule has 1 saturated carbocycles. The van der Waals surface area contributed by atoms with Gasteiger partial charge in [-0.2, -0.15) is 0 Å². The molecule has 0 bridgehead atoms. The van der Waals surface area contributed by atoms with Gasteiger partial charge in [-0.1, -0.05) is 53.6 Å². The minimum Gasteiger partial charge on any atom is -0.310 e. The molecule has 1 heteroatoms. The average Bonchev–Trinajstić information content (AvgIpc) is 3.21. The predicted molar refractivity (Wildman–Crippen MR) is 81.2 cm³/mol. The van der Waals surface area contributed by atoms with Gasteiger partial charge < -0.3 is 5.32 Å². The largest absolute Gasteiger partial charge is 0.310 e. The van der Waals surface area contributed by atoms with Gasteiger partial charge in [-0.15, -0.1) is 0 Å². The molecule has 19 heavy (non-hydrogen) atoms. The molecule has 98 valence electrons. The summed E-state index contributed by atoms with van der Waals surface area (Å²) < 4.78 is 0. The van der Waals surface area contributed by atoms with Gasteiger partial charge in [-0.05, 0) is 43.4 Å². The van der Waals surface area contributed by atoms with Crippen molar-refractivity contribution >= 4 is 0 Å². The number of hydrogen-bond acceptors (Lipinski definition) is 1. The van der Waals surface area contributed by atoms with Crippen molar-refractivity contribution in [3.05, 3.63) is 59.2 Å². The molecule has 1 nitrogen and oxygen atoms in total. The van der Waals surface area contributed by atoms with Crippen molar-refractivity contribution in [2.24, 2.45) is 0 Å².